The van der Waals surface area contributed by atoms with Crippen LogP contribution < -0.4 is 4.74 Å². The Labute approximate surface area is 120 Å². The van der Waals surface area contributed by atoms with E-state index in [1.807, 2.05) is 0 Å². The Morgan fingerprint density at radius 3 is 2.33 bits per heavy atom. The van der Waals surface area contributed by atoms with Gasteiger partial charge in [0.1, 0.15) is 24.0 Å². The van der Waals surface area contributed by atoms with E-state index in [2.05, 4.69) is 0 Å². The van der Waals surface area contributed by atoms with Crippen LogP contribution in [0, 0.1) is 11.6 Å². The van der Waals surface area contributed by atoms with Gasteiger partial charge in [-0.05, 0) is 48.0 Å². The van der Waals surface area contributed by atoms with Crippen LogP contribution in [0.1, 0.15) is 5.56 Å². The van der Waals surface area contributed by atoms with Gasteiger partial charge in [-0.25, -0.2) is 17.2 Å². The molecule has 1 heterocycles. The summed E-state index contributed by atoms with van der Waals surface area (Å²) in [4.78, 5) is -0.00682. The van der Waals surface area contributed by atoms with Crippen molar-refractivity contribution in [1.29, 1.82) is 0 Å². The highest BCUT2D eigenvalue weighted by molar-refractivity contribution is 7.95. The molecule has 6 heteroatoms. The SMILES string of the molecule is O=S1(=O)C(COc2ccc(F)cc2)=Cc2ccc(F)cc21. The van der Waals surface area contributed by atoms with Gasteiger partial charge in [0.25, 0.3) is 0 Å². The molecule has 0 N–H and O–H groups in total. The molecule has 108 valence electrons. The molecule has 0 spiro atoms. The lowest BCUT2D eigenvalue weighted by Gasteiger charge is -2.07. The van der Waals surface area contributed by atoms with Crippen molar-refractivity contribution in [2.24, 2.45) is 0 Å². The number of halogens is 2. The number of sulfone groups is 1. The Hall–Kier alpha value is -2.21. The predicted molar refractivity (Wildman–Crippen MR) is 73.5 cm³/mol. The first-order chi connectivity index (χ1) is 9.96. The van der Waals surface area contributed by atoms with Gasteiger partial charge in [0.15, 0.2) is 0 Å². The van der Waals surface area contributed by atoms with Crippen LogP contribution in [0.5, 0.6) is 5.75 Å². The first kappa shape index (κ1) is 13.8. The van der Waals surface area contributed by atoms with Crippen molar-refractivity contribution < 1.29 is 21.9 Å². The number of hydrogen-bond acceptors (Lipinski definition) is 3. The Morgan fingerprint density at radius 2 is 1.62 bits per heavy atom. The van der Waals surface area contributed by atoms with Gasteiger partial charge in [-0.3, -0.25) is 0 Å². The normalized spacial score (nSPS) is 15.4. The molecule has 0 radical (unpaired) electrons. The summed E-state index contributed by atoms with van der Waals surface area (Å²) < 4.78 is 55.7. The molecular weight excluding hydrogens is 298 g/mol. The van der Waals surface area contributed by atoms with E-state index in [0.717, 1.165) is 6.07 Å². The first-order valence-corrected chi connectivity index (χ1v) is 7.59. The highest BCUT2D eigenvalue weighted by atomic mass is 32.2. The lowest BCUT2D eigenvalue weighted by Crippen LogP contribution is -2.09. The summed E-state index contributed by atoms with van der Waals surface area (Å²) in [7, 11) is -3.73. The number of ether oxygens (including phenoxy) is 1. The fourth-order valence-electron chi connectivity index (χ4n) is 2.06. The van der Waals surface area contributed by atoms with Crippen LogP contribution in [0.2, 0.25) is 0 Å². The number of hydrogen-bond donors (Lipinski definition) is 0. The number of rotatable bonds is 3. The average Bonchev–Trinajstić information content (AvgIpc) is 2.70. The van der Waals surface area contributed by atoms with Crippen LogP contribution in [0.15, 0.2) is 52.3 Å². The molecular formula is C15H10F2O3S. The molecule has 3 rings (SSSR count). The predicted octanol–water partition coefficient (Wildman–Crippen LogP) is 3.17. The van der Waals surface area contributed by atoms with Crippen molar-refractivity contribution in [3.05, 3.63) is 64.6 Å². The van der Waals surface area contributed by atoms with E-state index in [9.17, 15) is 17.2 Å². The molecule has 0 saturated heterocycles. The van der Waals surface area contributed by atoms with Crippen LogP contribution in [-0.4, -0.2) is 15.0 Å². The largest absolute Gasteiger partial charge is 0.488 e. The second kappa shape index (κ2) is 4.96. The van der Waals surface area contributed by atoms with Crippen molar-refractivity contribution in [2.75, 3.05) is 6.61 Å². The van der Waals surface area contributed by atoms with Crippen molar-refractivity contribution in [1.82, 2.24) is 0 Å². The molecule has 0 bridgehead atoms. The third-order valence-corrected chi connectivity index (χ3v) is 4.98. The van der Waals surface area contributed by atoms with Crippen LogP contribution in [-0.2, 0) is 9.84 Å². The van der Waals surface area contributed by atoms with Crippen LogP contribution in [0.3, 0.4) is 0 Å². The maximum Gasteiger partial charge on any atom is 0.206 e. The van der Waals surface area contributed by atoms with E-state index in [1.54, 1.807) is 0 Å². The summed E-state index contributed by atoms with van der Waals surface area (Å²) in [5, 5.41) is 0. The van der Waals surface area contributed by atoms with Gasteiger partial charge < -0.3 is 4.74 Å². The fraction of sp³-hybridized carbons (Fsp3) is 0.0667. The molecule has 0 atom stereocenters. The van der Waals surface area contributed by atoms with Gasteiger partial charge in [-0.1, -0.05) is 6.07 Å². The molecule has 21 heavy (non-hydrogen) atoms. The molecule has 2 aromatic carbocycles. The van der Waals surface area contributed by atoms with Gasteiger partial charge in [-0.2, -0.15) is 0 Å². The molecule has 1 aliphatic rings. The van der Waals surface area contributed by atoms with E-state index in [-0.39, 0.29) is 16.4 Å². The van der Waals surface area contributed by atoms with E-state index in [0.29, 0.717) is 11.3 Å². The first-order valence-electron chi connectivity index (χ1n) is 6.10. The minimum absolute atomic E-state index is 0.0485. The Morgan fingerprint density at radius 1 is 0.952 bits per heavy atom. The monoisotopic (exact) mass is 308 g/mol. The maximum absolute atomic E-state index is 13.2. The topological polar surface area (TPSA) is 43.4 Å². The lowest BCUT2D eigenvalue weighted by atomic mass is 10.2. The molecule has 3 nitrogen and oxygen atoms in total. The van der Waals surface area contributed by atoms with E-state index >= 15 is 0 Å². The van der Waals surface area contributed by atoms with Crippen LogP contribution in [0.4, 0.5) is 8.78 Å². The molecule has 0 unspecified atom stereocenters. The van der Waals surface area contributed by atoms with Crippen LogP contribution in [0.25, 0.3) is 6.08 Å². The van der Waals surface area contributed by atoms with Gasteiger partial charge in [-0.15, -0.1) is 0 Å². The van der Waals surface area contributed by atoms with Gasteiger partial charge in [0.05, 0.1) is 9.80 Å². The van der Waals surface area contributed by atoms with E-state index in [1.165, 1.54) is 42.5 Å². The number of benzene rings is 2. The van der Waals surface area contributed by atoms with Gasteiger partial charge in [0.2, 0.25) is 9.84 Å². The zero-order chi connectivity index (χ0) is 15.0. The van der Waals surface area contributed by atoms with Gasteiger partial charge >= 0.3 is 0 Å². The molecule has 0 aromatic heterocycles. The van der Waals surface area contributed by atoms with Gasteiger partial charge in [0, 0.05) is 0 Å². The summed E-state index contributed by atoms with van der Waals surface area (Å²) in [5.74, 6) is -0.654. The molecule has 1 aliphatic heterocycles. The summed E-state index contributed by atoms with van der Waals surface area (Å²) in [6.45, 7) is -0.190. The molecule has 0 saturated carbocycles. The van der Waals surface area contributed by atoms with Crippen molar-refractivity contribution in [3.8, 4) is 5.75 Å². The summed E-state index contributed by atoms with van der Waals surface area (Å²) >= 11 is 0. The Bertz CT molecular complexity index is 824. The zero-order valence-electron chi connectivity index (χ0n) is 10.7. The maximum atomic E-state index is 13.2. The highest BCUT2D eigenvalue weighted by Gasteiger charge is 2.30. The minimum atomic E-state index is -3.73. The quantitative estimate of drug-likeness (QED) is 0.874. The smallest absolute Gasteiger partial charge is 0.206 e. The van der Waals surface area contributed by atoms with E-state index in [4.69, 9.17) is 4.74 Å². The molecule has 2 aromatic rings. The van der Waals surface area contributed by atoms with Crippen LogP contribution >= 0.6 is 0 Å². The van der Waals surface area contributed by atoms with E-state index < -0.39 is 21.5 Å². The second-order valence-electron chi connectivity index (χ2n) is 4.54. The average molecular weight is 308 g/mol. The standard InChI is InChI=1S/C15H10F2O3S/c16-11-3-5-13(6-4-11)20-9-14-7-10-1-2-12(17)8-15(10)21(14,18)19/h1-8H,9H2. The second-order valence-corrected chi connectivity index (χ2v) is 6.51. The highest BCUT2D eigenvalue weighted by Crippen LogP contribution is 2.33. The fourth-order valence-corrected chi connectivity index (χ4v) is 3.54. The summed E-state index contributed by atoms with van der Waals surface area (Å²) in [6.07, 6.45) is 1.45. The zero-order valence-corrected chi connectivity index (χ0v) is 11.5. The summed E-state index contributed by atoms with van der Waals surface area (Å²) in [6, 6.07) is 8.86. The van der Waals surface area contributed by atoms with Crippen molar-refractivity contribution >= 4 is 15.9 Å². The molecule has 0 aliphatic carbocycles. The van der Waals surface area contributed by atoms with Crippen molar-refractivity contribution in [3.63, 3.8) is 0 Å². The lowest BCUT2D eigenvalue weighted by molar-refractivity contribution is 0.358. The summed E-state index contributed by atoms with van der Waals surface area (Å²) in [5.41, 5.74) is 0.439. The third-order valence-electron chi connectivity index (χ3n) is 3.12. The van der Waals surface area contributed by atoms with Crippen molar-refractivity contribution in [2.45, 2.75) is 4.90 Å². The Kier molecular flexibility index (Phi) is 3.25. The third kappa shape index (κ3) is 2.54. The Balaban J connectivity index is 1.83. The molecule has 0 fully saturated rings. The number of fused-ring (bicyclic) bond motifs is 1. The minimum Gasteiger partial charge on any atom is -0.488 e. The molecule has 0 amide bonds.